The Balaban J connectivity index is 1.81. The summed E-state index contributed by atoms with van der Waals surface area (Å²) in [4.78, 5) is 29.5. The van der Waals surface area contributed by atoms with Gasteiger partial charge in [-0.25, -0.2) is 9.18 Å². The van der Waals surface area contributed by atoms with Crippen LogP contribution in [0.5, 0.6) is 5.75 Å². The summed E-state index contributed by atoms with van der Waals surface area (Å²) in [5.41, 5.74) is 1.91. The highest BCUT2D eigenvalue weighted by molar-refractivity contribution is 5.87. The highest BCUT2D eigenvalue weighted by atomic mass is 19.1. The van der Waals surface area contributed by atoms with Crippen LogP contribution in [0.1, 0.15) is 38.3 Å². The van der Waals surface area contributed by atoms with Crippen molar-refractivity contribution in [1.29, 1.82) is 0 Å². The van der Waals surface area contributed by atoms with E-state index in [2.05, 4.69) is 0 Å². The van der Waals surface area contributed by atoms with Crippen molar-refractivity contribution in [2.24, 2.45) is 0 Å². The summed E-state index contributed by atoms with van der Waals surface area (Å²) in [5, 5.41) is 0. The molecule has 2 aromatic rings. The Morgan fingerprint density at radius 1 is 1.15 bits per heavy atom. The summed E-state index contributed by atoms with van der Waals surface area (Å²) >= 11 is 0. The van der Waals surface area contributed by atoms with Crippen LogP contribution in [0.2, 0.25) is 0 Å². The van der Waals surface area contributed by atoms with Gasteiger partial charge in [-0.2, -0.15) is 0 Å². The average molecular weight is 469 g/mol. The van der Waals surface area contributed by atoms with Gasteiger partial charge in [-0.3, -0.25) is 9.69 Å². The molecule has 34 heavy (non-hydrogen) atoms. The average Bonchev–Trinajstić information content (AvgIpc) is 2.81. The first-order valence-corrected chi connectivity index (χ1v) is 11.4. The van der Waals surface area contributed by atoms with Crippen molar-refractivity contribution >= 4 is 17.6 Å². The second kappa shape index (κ2) is 10.7. The number of ether oxygens (including phenoxy) is 2. The highest BCUT2D eigenvalue weighted by Gasteiger charge is 2.34. The van der Waals surface area contributed by atoms with Crippen molar-refractivity contribution in [3.63, 3.8) is 0 Å². The molecular formula is C27H33FN2O4. The number of amides is 2. The van der Waals surface area contributed by atoms with Gasteiger partial charge >= 0.3 is 6.09 Å². The molecule has 1 aliphatic rings. The van der Waals surface area contributed by atoms with Gasteiger partial charge in [0.15, 0.2) is 0 Å². The number of carbonyl (C=O) groups excluding carboxylic acids is 2. The molecule has 0 aliphatic carbocycles. The number of hydrogen-bond donors (Lipinski definition) is 0. The minimum atomic E-state index is -0.712. The van der Waals surface area contributed by atoms with E-state index in [9.17, 15) is 14.0 Å². The fourth-order valence-electron chi connectivity index (χ4n) is 3.94. The maximum atomic E-state index is 13.8. The van der Waals surface area contributed by atoms with Gasteiger partial charge in [0, 0.05) is 32.1 Å². The Morgan fingerprint density at radius 2 is 1.85 bits per heavy atom. The number of likely N-dealkylation sites (N-methyl/N-ethyl adjacent to an activating group) is 1. The van der Waals surface area contributed by atoms with Crippen molar-refractivity contribution in [3.8, 4) is 5.75 Å². The normalized spacial score (nSPS) is 14.8. The number of methoxy groups -OCH3 is 1. The number of carbonyl (C=O) groups is 2. The molecule has 1 atom stereocenters. The smallest absolute Gasteiger partial charge is 0.410 e. The van der Waals surface area contributed by atoms with Crippen molar-refractivity contribution in [2.45, 2.75) is 45.3 Å². The summed E-state index contributed by atoms with van der Waals surface area (Å²) in [6.07, 6.45) is 2.31. The maximum Gasteiger partial charge on any atom is 0.410 e. The molecule has 0 N–H and O–H groups in total. The van der Waals surface area contributed by atoms with Crippen LogP contribution >= 0.6 is 0 Å². The van der Waals surface area contributed by atoms with E-state index in [0.29, 0.717) is 37.2 Å². The van der Waals surface area contributed by atoms with Gasteiger partial charge in [0.05, 0.1) is 7.11 Å². The van der Waals surface area contributed by atoms with Crippen LogP contribution in [-0.4, -0.2) is 60.7 Å². The number of nitrogens with zero attached hydrogens (tertiary/aromatic N) is 2. The fraction of sp³-hybridized carbons (Fsp3) is 0.407. The molecule has 6 nitrogen and oxygen atoms in total. The third-order valence-corrected chi connectivity index (χ3v) is 5.73. The zero-order valence-electron chi connectivity index (χ0n) is 20.5. The van der Waals surface area contributed by atoms with Crippen LogP contribution in [0.15, 0.2) is 54.6 Å². The van der Waals surface area contributed by atoms with Crippen LogP contribution < -0.4 is 4.74 Å². The van der Waals surface area contributed by atoms with E-state index in [1.807, 2.05) is 36.4 Å². The lowest BCUT2D eigenvalue weighted by atomic mass is 9.97. The molecule has 0 bridgehead atoms. The molecular weight excluding hydrogens is 435 g/mol. The standard InChI is InChI=1S/C27H33FN2O4/c1-27(2,3)34-26(32)29(4)23(17-19-9-7-6-8-10-19)25(31)30-15-13-20(14-16-30)22-18-21(28)11-12-24(22)33-5/h6-13,18,23H,14-17H2,1-5H3. The van der Waals surface area contributed by atoms with Gasteiger partial charge < -0.3 is 14.4 Å². The van der Waals surface area contributed by atoms with Gasteiger partial charge in [0.25, 0.3) is 0 Å². The second-order valence-corrected chi connectivity index (χ2v) is 9.40. The van der Waals surface area contributed by atoms with E-state index in [0.717, 1.165) is 11.1 Å². The fourth-order valence-corrected chi connectivity index (χ4v) is 3.94. The molecule has 0 radical (unpaired) electrons. The SMILES string of the molecule is COc1ccc(F)cc1C1=CCN(C(=O)C(Cc2ccccc2)N(C)C(=O)OC(C)(C)C)CC1. The number of halogens is 1. The predicted octanol–water partition coefficient (Wildman–Crippen LogP) is 4.93. The first kappa shape index (κ1) is 25.3. The Bertz CT molecular complexity index is 1050. The Hall–Kier alpha value is -3.35. The predicted molar refractivity (Wildman–Crippen MR) is 130 cm³/mol. The molecule has 0 saturated carbocycles. The lowest BCUT2D eigenvalue weighted by Gasteiger charge is -2.35. The minimum Gasteiger partial charge on any atom is -0.496 e. The van der Waals surface area contributed by atoms with E-state index in [4.69, 9.17) is 9.47 Å². The first-order valence-electron chi connectivity index (χ1n) is 11.4. The van der Waals surface area contributed by atoms with Crippen molar-refractivity contribution in [3.05, 3.63) is 71.6 Å². The van der Waals surface area contributed by atoms with Gasteiger partial charge in [0.2, 0.25) is 5.91 Å². The van der Waals surface area contributed by atoms with Crippen LogP contribution in [0, 0.1) is 5.82 Å². The number of rotatable bonds is 6. The third kappa shape index (κ3) is 6.37. The van der Waals surface area contributed by atoms with Crippen LogP contribution in [0.3, 0.4) is 0 Å². The lowest BCUT2D eigenvalue weighted by molar-refractivity contribution is -0.136. The van der Waals surface area contributed by atoms with E-state index < -0.39 is 17.7 Å². The molecule has 182 valence electrons. The molecule has 1 aliphatic heterocycles. The highest BCUT2D eigenvalue weighted by Crippen LogP contribution is 2.31. The van der Waals surface area contributed by atoms with Gasteiger partial charge in [-0.1, -0.05) is 36.4 Å². The number of hydrogen-bond acceptors (Lipinski definition) is 4. The van der Waals surface area contributed by atoms with Gasteiger partial charge in [0.1, 0.15) is 23.2 Å². The summed E-state index contributed by atoms with van der Waals surface area (Å²) in [5.74, 6) is 0.106. The third-order valence-electron chi connectivity index (χ3n) is 5.73. The van der Waals surface area contributed by atoms with Gasteiger partial charge in [-0.15, -0.1) is 0 Å². The molecule has 1 heterocycles. The van der Waals surface area contributed by atoms with Crippen LogP contribution in [-0.2, 0) is 16.0 Å². The molecule has 7 heteroatoms. The quantitative estimate of drug-likeness (QED) is 0.603. The van der Waals surface area contributed by atoms with E-state index in [1.165, 1.54) is 17.0 Å². The molecule has 3 rings (SSSR count). The van der Waals surface area contributed by atoms with E-state index >= 15 is 0 Å². The molecule has 0 fully saturated rings. The van der Waals surface area contributed by atoms with Crippen molar-refractivity contribution in [2.75, 3.05) is 27.2 Å². The minimum absolute atomic E-state index is 0.154. The second-order valence-electron chi connectivity index (χ2n) is 9.40. The largest absolute Gasteiger partial charge is 0.496 e. The van der Waals surface area contributed by atoms with Crippen molar-refractivity contribution in [1.82, 2.24) is 9.80 Å². The zero-order valence-corrected chi connectivity index (χ0v) is 20.5. The number of benzene rings is 2. The topological polar surface area (TPSA) is 59.1 Å². The van der Waals surface area contributed by atoms with E-state index in [-0.39, 0.29) is 11.7 Å². The monoisotopic (exact) mass is 468 g/mol. The molecule has 0 spiro atoms. The molecule has 2 amide bonds. The molecule has 0 saturated heterocycles. The molecule has 1 unspecified atom stereocenters. The molecule has 2 aromatic carbocycles. The lowest BCUT2D eigenvalue weighted by Crippen LogP contribution is -2.52. The Morgan fingerprint density at radius 3 is 2.44 bits per heavy atom. The Kier molecular flexibility index (Phi) is 7.97. The van der Waals surface area contributed by atoms with Crippen LogP contribution in [0.25, 0.3) is 5.57 Å². The summed E-state index contributed by atoms with van der Waals surface area (Å²) in [7, 11) is 3.15. The summed E-state index contributed by atoms with van der Waals surface area (Å²) in [6.45, 7) is 6.21. The van der Waals surface area contributed by atoms with Gasteiger partial charge in [-0.05, 0) is 56.5 Å². The first-order chi connectivity index (χ1) is 16.1. The zero-order chi connectivity index (χ0) is 24.9. The molecule has 0 aromatic heterocycles. The van der Waals surface area contributed by atoms with Crippen molar-refractivity contribution < 1.29 is 23.5 Å². The maximum absolute atomic E-state index is 13.8. The van der Waals surface area contributed by atoms with Crippen LogP contribution in [0.4, 0.5) is 9.18 Å². The Labute approximate surface area is 201 Å². The summed E-state index contributed by atoms with van der Waals surface area (Å²) in [6, 6.07) is 13.3. The summed E-state index contributed by atoms with van der Waals surface area (Å²) < 4.78 is 24.7. The van der Waals surface area contributed by atoms with E-state index in [1.54, 1.807) is 45.9 Å².